The molecule has 0 saturated heterocycles. The Bertz CT molecular complexity index is 570. The molecule has 100 valence electrons. The van der Waals surface area contributed by atoms with Gasteiger partial charge in [0.2, 0.25) is 0 Å². The largest absolute Gasteiger partial charge is 0.455 e. The van der Waals surface area contributed by atoms with E-state index in [1.807, 2.05) is 48.7 Å². The van der Waals surface area contributed by atoms with Gasteiger partial charge < -0.3 is 9.84 Å². The third kappa shape index (κ3) is 3.53. The minimum absolute atomic E-state index is 0.483. The molecule has 2 nitrogen and oxygen atoms in total. The molecule has 0 unspecified atom stereocenters. The molecule has 1 N–H and O–H groups in total. The predicted octanol–water partition coefficient (Wildman–Crippen LogP) is 5.02. The molecule has 0 spiro atoms. The first-order valence-corrected chi connectivity index (χ1v) is 7.92. The van der Waals surface area contributed by atoms with Gasteiger partial charge in [-0.3, -0.25) is 0 Å². The lowest BCUT2D eigenvalue weighted by Crippen LogP contribution is -1.93. The third-order valence-electron chi connectivity index (χ3n) is 2.73. The topological polar surface area (TPSA) is 29.5 Å². The van der Waals surface area contributed by atoms with E-state index in [9.17, 15) is 5.11 Å². The number of rotatable bonds is 4. The normalized spacial score (nSPS) is 12.2. The highest BCUT2D eigenvalue weighted by Crippen LogP contribution is 2.35. The van der Waals surface area contributed by atoms with Crippen molar-refractivity contribution in [3.63, 3.8) is 0 Å². The van der Waals surface area contributed by atoms with E-state index in [2.05, 4.69) is 15.9 Å². The van der Waals surface area contributed by atoms with Crippen LogP contribution in [0.1, 0.15) is 18.6 Å². The van der Waals surface area contributed by atoms with Crippen LogP contribution in [-0.4, -0.2) is 11.4 Å². The number of ether oxygens (including phenoxy) is 1. The van der Waals surface area contributed by atoms with Gasteiger partial charge in [-0.25, -0.2) is 0 Å². The fourth-order valence-electron chi connectivity index (χ4n) is 1.68. The van der Waals surface area contributed by atoms with Gasteiger partial charge in [-0.15, -0.1) is 11.8 Å². The van der Waals surface area contributed by atoms with Gasteiger partial charge in [0, 0.05) is 4.90 Å². The van der Waals surface area contributed by atoms with E-state index < -0.39 is 6.10 Å². The second-order valence-corrected chi connectivity index (χ2v) is 5.82. The van der Waals surface area contributed by atoms with Crippen LogP contribution in [0.15, 0.2) is 51.8 Å². The van der Waals surface area contributed by atoms with Crippen molar-refractivity contribution in [2.24, 2.45) is 0 Å². The van der Waals surface area contributed by atoms with Crippen LogP contribution in [0.25, 0.3) is 0 Å². The van der Waals surface area contributed by atoms with Crippen LogP contribution in [0.3, 0.4) is 0 Å². The van der Waals surface area contributed by atoms with Crippen molar-refractivity contribution in [3.8, 4) is 11.5 Å². The van der Waals surface area contributed by atoms with Crippen LogP contribution in [0, 0.1) is 0 Å². The molecular formula is C15H15BrO2S. The molecule has 0 bridgehead atoms. The third-order valence-corrected chi connectivity index (χ3v) is 4.12. The molecular weight excluding hydrogens is 324 g/mol. The van der Waals surface area contributed by atoms with Crippen molar-refractivity contribution in [3.05, 3.63) is 52.5 Å². The highest BCUT2D eigenvalue weighted by atomic mass is 79.9. The summed E-state index contributed by atoms with van der Waals surface area (Å²) >= 11 is 5.12. The molecule has 0 aliphatic heterocycles. The van der Waals surface area contributed by atoms with E-state index in [-0.39, 0.29) is 0 Å². The first-order chi connectivity index (χ1) is 9.11. The lowest BCUT2D eigenvalue weighted by Gasteiger charge is -2.12. The number of hydrogen-bond donors (Lipinski definition) is 1. The van der Waals surface area contributed by atoms with Crippen LogP contribution < -0.4 is 4.74 Å². The molecule has 0 aliphatic rings. The van der Waals surface area contributed by atoms with Gasteiger partial charge in [0.1, 0.15) is 11.5 Å². The standard InChI is InChI=1S/C15H15BrO2S/c1-10(17)11-7-8-13(12(16)9-11)18-14-5-3-4-6-15(14)19-2/h3-10,17H,1-2H3/t10-/m0/s1. The second kappa shape index (κ2) is 6.46. The molecule has 0 heterocycles. The lowest BCUT2D eigenvalue weighted by atomic mass is 10.1. The maximum atomic E-state index is 9.55. The van der Waals surface area contributed by atoms with Gasteiger partial charge in [-0.1, -0.05) is 18.2 Å². The summed E-state index contributed by atoms with van der Waals surface area (Å²) in [4.78, 5) is 1.09. The van der Waals surface area contributed by atoms with E-state index in [4.69, 9.17) is 4.74 Å². The van der Waals surface area contributed by atoms with Crippen molar-refractivity contribution >= 4 is 27.7 Å². The fourth-order valence-corrected chi connectivity index (χ4v) is 2.68. The van der Waals surface area contributed by atoms with Crippen molar-refractivity contribution in [1.82, 2.24) is 0 Å². The van der Waals surface area contributed by atoms with Crippen LogP contribution >= 0.6 is 27.7 Å². The van der Waals surface area contributed by atoms with E-state index in [0.717, 1.165) is 26.4 Å². The van der Waals surface area contributed by atoms with Gasteiger partial charge in [0.15, 0.2) is 0 Å². The highest BCUT2D eigenvalue weighted by Gasteiger charge is 2.09. The van der Waals surface area contributed by atoms with Crippen molar-refractivity contribution < 1.29 is 9.84 Å². The smallest absolute Gasteiger partial charge is 0.141 e. The first-order valence-electron chi connectivity index (χ1n) is 5.90. The van der Waals surface area contributed by atoms with Gasteiger partial charge in [0.25, 0.3) is 0 Å². The molecule has 2 rings (SSSR count). The summed E-state index contributed by atoms with van der Waals surface area (Å²) in [6, 6.07) is 13.5. The van der Waals surface area contributed by atoms with Crippen LogP contribution in [0.2, 0.25) is 0 Å². The number of benzene rings is 2. The Balaban J connectivity index is 2.28. The van der Waals surface area contributed by atoms with E-state index in [0.29, 0.717) is 0 Å². The Morgan fingerprint density at radius 1 is 1.16 bits per heavy atom. The van der Waals surface area contributed by atoms with Crippen molar-refractivity contribution in [2.75, 3.05) is 6.26 Å². The Labute approximate surface area is 125 Å². The molecule has 0 aliphatic carbocycles. The van der Waals surface area contributed by atoms with Gasteiger partial charge >= 0.3 is 0 Å². The maximum Gasteiger partial charge on any atom is 0.141 e. The predicted molar refractivity (Wildman–Crippen MR) is 83.1 cm³/mol. The summed E-state index contributed by atoms with van der Waals surface area (Å²) in [7, 11) is 0. The minimum atomic E-state index is -0.483. The molecule has 0 fully saturated rings. The molecule has 2 aromatic carbocycles. The van der Waals surface area contributed by atoms with Gasteiger partial charge in [-0.05, 0) is 58.9 Å². The van der Waals surface area contributed by atoms with Crippen LogP contribution in [0.4, 0.5) is 0 Å². The molecule has 19 heavy (non-hydrogen) atoms. The molecule has 0 saturated carbocycles. The summed E-state index contributed by atoms with van der Waals surface area (Å²) < 4.78 is 6.75. The Hall–Kier alpha value is -0.970. The summed E-state index contributed by atoms with van der Waals surface area (Å²) in [5, 5.41) is 9.55. The number of hydrogen-bond acceptors (Lipinski definition) is 3. The van der Waals surface area contributed by atoms with Crippen LogP contribution in [0.5, 0.6) is 11.5 Å². The first kappa shape index (κ1) is 14.4. The summed E-state index contributed by atoms with van der Waals surface area (Å²) in [6.07, 6.45) is 1.54. The van der Waals surface area contributed by atoms with Crippen molar-refractivity contribution in [2.45, 2.75) is 17.9 Å². The minimum Gasteiger partial charge on any atom is -0.455 e. The fraction of sp³-hybridized carbons (Fsp3) is 0.200. The molecule has 2 aromatic rings. The number of para-hydroxylation sites is 1. The lowest BCUT2D eigenvalue weighted by molar-refractivity contribution is 0.199. The zero-order chi connectivity index (χ0) is 13.8. The molecule has 1 atom stereocenters. The van der Waals surface area contributed by atoms with E-state index in [1.165, 1.54) is 0 Å². The zero-order valence-electron chi connectivity index (χ0n) is 10.8. The Kier molecular flexibility index (Phi) is 4.91. The monoisotopic (exact) mass is 338 g/mol. The highest BCUT2D eigenvalue weighted by molar-refractivity contribution is 9.10. The maximum absolute atomic E-state index is 9.55. The number of halogens is 1. The number of thioether (sulfide) groups is 1. The quantitative estimate of drug-likeness (QED) is 0.794. The molecule has 0 amide bonds. The summed E-state index contributed by atoms with van der Waals surface area (Å²) in [6.45, 7) is 1.74. The molecule has 0 aromatic heterocycles. The van der Waals surface area contributed by atoms with Gasteiger partial charge in [-0.2, -0.15) is 0 Å². The van der Waals surface area contributed by atoms with Crippen LogP contribution in [-0.2, 0) is 0 Å². The van der Waals surface area contributed by atoms with Gasteiger partial charge in [0.05, 0.1) is 10.6 Å². The number of aliphatic hydroxyl groups excluding tert-OH is 1. The zero-order valence-corrected chi connectivity index (χ0v) is 13.2. The van der Waals surface area contributed by atoms with E-state index >= 15 is 0 Å². The SMILES string of the molecule is CSc1ccccc1Oc1ccc([C@H](C)O)cc1Br. The Morgan fingerprint density at radius 3 is 2.53 bits per heavy atom. The summed E-state index contributed by atoms with van der Waals surface area (Å²) in [5.74, 6) is 1.58. The Morgan fingerprint density at radius 2 is 1.89 bits per heavy atom. The number of aliphatic hydroxyl groups is 1. The molecule has 0 radical (unpaired) electrons. The average molecular weight is 339 g/mol. The summed E-state index contributed by atoms with van der Waals surface area (Å²) in [5.41, 5.74) is 0.859. The second-order valence-electron chi connectivity index (χ2n) is 4.12. The molecule has 4 heteroatoms. The van der Waals surface area contributed by atoms with Crippen molar-refractivity contribution in [1.29, 1.82) is 0 Å². The average Bonchev–Trinajstić information content (AvgIpc) is 2.41. The van der Waals surface area contributed by atoms with E-state index in [1.54, 1.807) is 18.7 Å².